The maximum absolute atomic E-state index is 11.6. The molecular weight excluding hydrogens is 166 g/mol. The highest BCUT2D eigenvalue weighted by Crippen LogP contribution is 2.33. The van der Waals surface area contributed by atoms with E-state index in [1.165, 1.54) is 0 Å². The van der Waals surface area contributed by atoms with Gasteiger partial charge < -0.3 is 4.74 Å². The van der Waals surface area contributed by atoms with Crippen LogP contribution in [0.25, 0.3) is 0 Å². The fourth-order valence-electron chi connectivity index (χ4n) is 2.28. The summed E-state index contributed by atoms with van der Waals surface area (Å²) < 4.78 is 5.10. The molecule has 1 spiro atoms. The Balaban J connectivity index is 2.06. The van der Waals surface area contributed by atoms with E-state index in [-0.39, 0.29) is 11.5 Å². The highest BCUT2D eigenvalue weighted by atomic mass is 16.5. The normalized spacial score (nSPS) is 40.4. The molecule has 3 nitrogen and oxygen atoms in total. The third-order valence-electron chi connectivity index (χ3n) is 3.32. The van der Waals surface area contributed by atoms with Crippen molar-refractivity contribution in [2.75, 3.05) is 13.2 Å². The highest BCUT2D eigenvalue weighted by molar-refractivity contribution is 5.81. The van der Waals surface area contributed by atoms with E-state index in [4.69, 9.17) is 4.74 Å². The van der Waals surface area contributed by atoms with Crippen LogP contribution in [0.3, 0.4) is 0 Å². The molecule has 0 unspecified atom stereocenters. The van der Waals surface area contributed by atoms with Gasteiger partial charge in [0.2, 0.25) is 0 Å². The second kappa shape index (κ2) is 3.29. The summed E-state index contributed by atoms with van der Waals surface area (Å²) in [4.78, 5) is 11.6. The minimum atomic E-state index is -0.315. The smallest absolute Gasteiger partial charge is 0.326 e. The lowest BCUT2D eigenvalue weighted by Gasteiger charge is -2.40. The molecule has 0 aromatic heterocycles. The van der Waals surface area contributed by atoms with Crippen LogP contribution < -0.4 is 5.32 Å². The van der Waals surface area contributed by atoms with Crippen molar-refractivity contribution in [1.82, 2.24) is 5.32 Å². The molecule has 2 rings (SSSR count). The molecule has 0 atom stereocenters. The van der Waals surface area contributed by atoms with E-state index >= 15 is 0 Å². The first-order chi connectivity index (χ1) is 6.23. The van der Waals surface area contributed by atoms with Gasteiger partial charge in [0.1, 0.15) is 12.1 Å². The summed E-state index contributed by atoms with van der Waals surface area (Å²) in [5, 5.41) is 3.33. The summed E-state index contributed by atoms with van der Waals surface area (Å²) in [5.41, 5.74) is -0.315. The van der Waals surface area contributed by atoms with Crippen molar-refractivity contribution in [3.8, 4) is 0 Å². The van der Waals surface area contributed by atoms with Crippen LogP contribution in [0.5, 0.6) is 0 Å². The molecule has 0 aromatic rings. The average molecular weight is 183 g/mol. The molecule has 1 heterocycles. The summed E-state index contributed by atoms with van der Waals surface area (Å²) in [6.45, 7) is 3.61. The van der Waals surface area contributed by atoms with Gasteiger partial charge in [-0.25, -0.2) is 0 Å². The number of hydrogen-bond acceptors (Lipinski definition) is 3. The molecular formula is C10H17NO2. The molecule has 1 saturated heterocycles. The van der Waals surface area contributed by atoms with Crippen LogP contribution in [-0.4, -0.2) is 24.7 Å². The molecule has 0 radical (unpaired) electrons. The van der Waals surface area contributed by atoms with Gasteiger partial charge in [0.05, 0.1) is 0 Å². The van der Waals surface area contributed by atoms with Gasteiger partial charge in [0, 0.05) is 6.54 Å². The molecule has 1 aliphatic heterocycles. The van der Waals surface area contributed by atoms with Gasteiger partial charge in [-0.1, -0.05) is 6.92 Å². The number of nitrogens with one attached hydrogen (secondary N) is 1. The van der Waals surface area contributed by atoms with Gasteiger partial charge in [-0.05, 0) is 31.6 Å². The number of carbonyl (C=O) groups excluding carboxylic acids is 1. The second-order valence-electron chi connectivity index (χ2n) is 4.33. The molecule has 13 heavy (non-hydrogen) atoms. The zero-order chi connectivity index (χ0) is 9.31. The van der Waals surface area contributed by atoms with Gasteiger partial charge in [-0.2, -0.15) is 0 Å². The molecule has 0 amide bonds. The monoisotopic (exact) mass is 183 g/mol. The summed E-state index contributed by atoms with van der Waals surface area (Å²) in [6, 6.07) is 0. The third-order valence-corrected chi connectivity index (χ3v) is 3.32. The number of hydrogen-bond donors (Lipinski definition) is 1. The minimum absolute atomic E-state index is 0.0225. The molecule has 74 valence electrons. The van der Waals surface area contributed by atoms with Gasteiger partial charge in [-0.3, -0.25) is 10.1 Å². The Labute approximate surface area is 78.8 Å². The van der Waals surface area contributed by atoms with Crippen LogP contribution in [0.1, 0.15) is 32.6 Å². The Hall–Kier alpha value is -0.570. The second-order valence-corrected chi connectivity index (χ2v) is 4.33. The van der Waals surface area contributed by atoms with E-state index in [2.05, 4.69) is 12.2 Å². The van der Waals surface area contributed by atoms with Crippen LogP contribution in [0.4, 0.5) is 0 Å². The highest BCUT2D eigenvalue weighted by Gasteiger charge is 2.43. The average Bonchev–Trinajstić information content (AvgIpc) is 2.15. The van der Waals surface area contributed by atoms with E-state index in [1.807, 2.05) is 0 Å². The first kappa shape index (κ1) is 9.00. The molecule has 0 aromatic carbocycles. The molecule has 1 N–H and O–H groups in total. The van der Waals surface area contributed by atoms with Crippen molar-refractivity contribution in [1.29, 1.82) is 0 Å². The standard InChI is InChI=1S/C10H17NO2/c1-8-2-4-10(5-3-8)9(12)13-7-6-11-10/h8,11H,2-7H2,1H3. The number of ether oxygens (including phenoxy) is 1. The summed E-state index contributed by atoms with van der Waals surface area (Å²) >= 11 is 0. The molecule has 0 bridgehead atoms. The van der Waals surface area contributed by atoms with Gasteiger partial charge in [0.15, 0.2) is 0 Å². The summed E-state index contributed by atoms with van der Waals surface area (Å²) in [7, 11) is 0. The number of cyclic esters (lactones) is 1. The van der Waals surface area contributed by atoms with Crippen LogP contribution in [0, 0.1) is 5.92 Å². The summed E-state index contributed by atoms with van der Waals surface area (Å²) in [5.74, 6) is 0.743. The Morgan fingerprint density at radius 2 is 2.15 bits per heavy atom. The largest absolute Gasteiger partial charge is 0.463 e. The van der Waals surface area contributed by atoms with Crippen molar-refractivity contribution in [2.45, 2.75) is 38.1 Å². The van der Waals surface area contributed by atoms with Crippen molar-refractivity contribution in [2.24, 2.45) is 5.92 Å². The van der Waals surface area contributed by atoms with Crippen LogP contribution in [0.15, 0.2) is 0 Å². The molecule has 2 aliphatic rings. The van der Waals surface area contributed by atoms with Gasteiger partial charge >= 0.3 is 5.97 Å². The van der Waals surface area contributed by atoms with E-state index in [0.717, 1.165) is 38.1 Å². The lowest BCUT2D eigenvalue weighted by atomic mass is 9.76. The van der Waals surface area contributed by atoms with Crippen molar-refractivity contribution in [3.05, 3.63) is 0 Å². The predicted octanol–water partition coefficient (Wildman–Crippen LogP) is 1.08. The van der Waals surface area contributed by atoms with Crippen LogP contribution in [-0.2, 0) is 9.53 Å². The molecule has 1 aliphatic carbocycles. The SMILES string of the molecule is CC1CCC2(CC1)NCCOC2=O. The topological polar surface area (TPSA) is 38.3 Å². The summed E-state index contributed by atoms with van der Waals surface area (Å²) in [6.07, 6.45) is 4.18. The van der Waals surface area contributed by atoms with Crippen molar-refractivity contribution in [3.63, 3.8) is 0 Å². The first-order valence-corrected chi connectivity index (χ1v) is 5.15. The van der Waals surface area contributed by atoms with E-state index in [1.54, 1.807) is 0 Å². The Morgan fingerprint density at radius 1 is 1.46 bits per heavy atom. The Bertz CT molecular complexity index is 207. The molecule has 1 saturated carbocycles. The molecule has 3 heteroatoms. The molecule has 2 fully saturated rings. The van der Waals surface area contributed by atoms with Gasteiger partial charge in [0.25, 0.3) is 0 Å². The maximum Gasteiger partial charge on any atom is 0.326 e. The first-order valence-electron chi connectivity index (χ1n) is 5.15. The van der Waals surface area contributed by atoms with E-state index in [0.29, 0.717) is 6.61 Å². The van der Waals surface area contributed by atoms with E-state index < -0.39 is 0 Å². The third kappa shape index (κ3) is 1.57. The zero-order valence-electron chi connectivity index (χ0n) is 8.14. The number of rotatable bonds is 0. The number of morpholine rings is 1. The predicted molar refractivity (Wildman–Crippen MR) is 49.3 cm³/mol. The fourth-order valence-corrected chi connectivity index (χ4v) is 2.28. The van der Waals surface area contributed by atoms with Crippen molar-refractivity contribution < 1.29 is 9.53 Å². The Morgan fingerprint density at radius 3 is 2.77 bits per heavy atom. The van der Waals surface area contributed by atoms with Crippen molar-refractivity contribution >= 4 is 5.97 Å². The van der Waals surface area contributed by atoms with Gasteiger partial charge in [-0.15, -0.1) is 0 Å². The van der Waals surface area contributed by atoms with Crippen LogP contribution in [0.2, 0.25) is 0 Å². The minimum Gasteiger partial charge on any atom is -0.463 e. The Kier molecular flexibility index (Phi) is 2.28. The maximum atomic E-state index is 11.6. The van der Waals surface area contributed by atoms with E-state index in [9.17, 15) is 4.79 Å². The van der Waals surface area contributed by atoms with Crippen LogP contribution >= 0.6 is 0 Å². The quantitative estimate of drug-likeness (QED) is 0.571. The fraction of sp³-hybridized carbons (Fsp3) is 0.900. The number of esters is 1. The lowest BCUT2D eigenvalue weighted by molar-refractivity contribution is -0.158. The number of carbonyl (C=O) groups is 1. The zero-order valence-corrected chi connectivity index (χ0v) is 8.14. The lowest BCUT2D eigenvalue weighted by Crippen LogP contribution is -2.59.